The predicted octanol–water partition coefficient (Wildman–Crippen LogP) is 6.09. The molecular weight excluding hydrogens is 450 g/mol. The SMILES string of the molecule is O=C(O)c1nn(-c2ccc(Cl)cc2Cl)c(-c2ccc(Cl)cc2)c1CBr. The fraction of sp³-hybridized carbons (Fsp3) is 0.0588. The Kier molecular flexibility index (Phi) is 5.39. The van der Waals surface area contributed by atoms with Gasteiger partial charge in [0.15, 0.2) is 5.69 Å². The molecule has 1 aromatic heterocycles. The molecule has 2 aromatic carbocycles. The number of aromatic carboxylic acids is 1. The van der Waals surface area contributed by atoms with E-state index in [2.05, 4.69) is 21.0 Å². The zero-order chi connectivity index (χ0) is 18.1. The maximum absolute atomic E-state index is 11.6. The molecule has 0 bridgehead atoms. The third kappa shape index (κ3) is 3.55. The van der Waals surface area contributed by atoms with Gasteiger partial charge >= 0.3 is 5.97 Å². The Hall–Kier alpha value is -1.53. The summed E-state index contributed by atoms with van der Waals surface area (Å²) in [5, 5.41) is 15.5. The average molecular weight is 461 g/mol. The van der Waals surface area contributed by atoms with Gasteiger partial charge in [-0.3, -0.25) is 0 Å². The van der Waals surface area contributed by atoms with Crippen LogP contribution < -0.4 is 0 Å². The molecule has 0 amide bonds. The molecule has 0 aliphatic rings. The summed E-state index contributed by atoms with van der Waals surface area (Å²) in [6.45, 7) is 0. The third-order valence-electron chi connectivity index (χ3n) is 3.58. The largest absolute Gasteiger partial charge is 0.476 e. The molecule has 0 unspecified atom stereocenters. The van der Waals surface area contributed by atoms with E-state index in [-0.39, 0.29) is 5.69 Å². The number of carboxylic acid groups (broad SMARTS) is 1. The van der Waals surface area contributed by atoms with E-state index in [1.807, 2.05) is 0 Å². The smallest absolute Gasteiger partial charge is 0.356 e. The van der Waals surface area contributed by atoms with Crippen LogP contribution in [0.1, 0.15) is 16.1 Å². The van der Waals surface area contributed by atoms with Crippen LogP contribution in [0.2, 0.25) is 15.1 Å². The zero-order valence-electron chi connectivity index (χ0n) is 12.5. The molecule has 1 heterocycles. The lowest BCUT2D eigenvalue weighted by atomic mass is 10.1. The fourth-order valence-corrected chi connectivity index (χ4v) is 3.63. The number of hydrogen-bond donors (Lipinski definition) is 1. The van der Waals surface area contributed by atoms with Crippen molar-refractivity contribution in [2.24, 2.45) is 0 Å². The fourth-order valence-electron chi connectivity index (χ4n) is 2.48. The Labute approximate surface area is 167 Å². The van der Waals surface area contributed by atoms with Gasteiger partial charge in [-0.1, -0.05) is 62.9 Å². The first-order valence-corrected chi connectivity index (χ1v) is 9.30. The third-order valence-corrected chi connectivity index (χ3v) is 4.93. The summed E-state index contributed by atoms with van der Waals surface area (Å²) in [4.78, 5) is 11.6. The van der Waals surface area contributed by atoms with Crippen molar-refractivity contribution in [3.05, 3.63) is 68.8 Å². The number of alkyl halides is 1. The number of carboxylic acids is 1. The number of aromatic nitrogens is 2. The maximum Gasteiger partial charge on any atom is 0.356 e. The van der Waals surface area contributed by atoms with Crippen LogP contribution in [0.15, 0.2) is 42.5 Å². The maximum atomic E-state index is 11.6. The minimum atomic E-state index is -1.12. The van der Waals surface area contributed by atoms with E-state index in [0.717, 1.165) is 5.56 Å². The van der Waals surface area contributed by atoms with Gasteiger partial charge in [-0.25, -0.2) is 9.48 Å². The Morgan fingerprint density at radius 2 is 1.72 bits per heavy atom. The van der Waals surface area contributed by atoms with Crippen molar-refractivity contribution in [3.63, 3.8) is 0 Å². The van der Waals surface area contributed by atoms with Gasteiger partial charge in [0, 0.05) is 26.5 Å². The summed E-state index contributed by atoms with van der Waals surface area (Å²) < 4.78 is 1.52. The second kappa shape index (κ2) is 7.38. The summed E-state index contributed by atoms with van der Waals surface area (Å²) in [5.74, 6) is -1.12. The Morgan fingerprint density at radius 3 is 2.28 bits per heavy atom. The van der Waals surface area contributed by atoms with Gasteiger partial charge in [-0.2, -0.15) is 5.10 Å². The molecule has 25 heavy (non-hydrogen) atoms. The van der Waals surface area contributed by atoms with Crippen LogP contribution in [-0.4, -0.2) is 20.9 Å². The quantitative estimate of drug-likeness (QED) is 0.479. The van der Waals surface area contributed by atoms with E-state index >= 15 is 0 Å². The molecule has 3 aromatic rings. The number of hydrogen-bond acceptors (Lipinski definition) is 2. The van der Waals surface area contributed by atoms with Gasteiger partial charge in [0.05, 0.1) is 16.4 Å². The van der Waals surface area contributed by atoms with E-state index in [0.29, 0.717) is 37.3 Å². The van der Waals surface area contributed by atoms with Gasteiger partial charge in [0.1, 0.15) is 0 Å². The molecule has 0 aliphatic carbocycles. The van der Waals surface area contributed by atoms with Gasteiger partial charge < -0.3 is 5.11 Å². The Morgan fingerprint density at radius 1 is 1.08 bits per heavy atom. The van der Waals surface area contributed by atoms with Crippen molar-refractivity contribution >= 4 is 56.7 Å². The highest BCUT2D eigenvalue weighted by atomic mass is 79.9. The molecule has 0 saturated carbocycles. The van der Waals surface area contributed by atoms with Crippen LogP contribution in [0.5, 0.6) is 0 Å². The molecule has 0 radical (unpaired) electrons. The van der Waals surface area contributed by atoms with Crippen LogP contribution in [0.4, 0.5) is 0 Å². The van der Waals surface area contributed by atoms with Crippen LogP contribution in [0.3, 0.4) is 0 Å². The first-order valence-electron chi connectivity index (χ1n) is 7.05. The highest BCUT2D eigenvalue weighted by Crippen LogP contribution is 2.34. The van der Waals surface area contributed by atoms with Crippen LogP contribution in [0.25, 0.3) is 16.9 Å². The van der Waals surface area contributed by atoms with Crippen molar-refractivity contribution in [1.82, 2.24) is 9.78 Å². The molecule has 128 valence electrons. The minimum absolute atomic E-state index is 0.0483. The van der Waals surface area contributed by atoms with E-state index < -0.39 is 5.97 Å². The molecule has 0 spiro atoms. The highest BCUT2D eigenvalue weighted by Gasteiger charge is 2.24. The van der Waals surface area contributed by atoms with E-state index in [9.17, 15) is 9.90 Å². The summed E-state index contributed by atoms with van der Waals surface area (Å²) in [7, 11) is 0. The molecule has 3 rings (SSSR count). The number of rotatable bonds is 4. The van der Waals surface area contributed by atoms with Crippen molar-refractivity contribution in [3.8, 4) is 16.9 Å². The molecular formula is C17H10BrCl3N2O2. The second-order valence-corrected chi connectivity index (χ2v) is 6.97. The summed E-state index contributed by atoms with van der Waals surface area (Å²) in [6, 6.07) is 12.0. The number of nitrogens with zero attached hydrogens (tertiary/aromatic N) is 2. The first-order chi connectivity index (χ1) is 11.9. The predicted molar refractivity (Wildman–Crippen MR) is 104 cm³/mol. The molecule has 1 N–H and O–H groups in total. The normalized spacial score (nSPS) is 10.9. The van der Waals surface area contributed by atoms with E-state index in [1.54, 1.807) is 42.5 Å². The monoisotopic (exact) mass is 458 g/mol. The van der Waals surface area contributed by atoms with Crippen molar-refractivity contribution in [2.75, 3.05) is 0 Å². The molecule has 0 fully saturated rings. The molecule has 0 saturated heterocycles. The number of halogens is 4. The molecule has 8 heteroatoms. The van der Waals surface area contributed by atoms with Crippen LogP contribution in [0, 0.1) is 0 Å². The topological polar surface area (TPSA) is 55.1 Å². The standard InChI is InChI=1S/C17H10BrCl3N2O2/c18-8-12-15(17(24)25)22-23(14-6-5-11(20)7-13(14)21)16(12)9-1-3-10(19)4-2-9/h1-7H,8H2,(H,24,25). The summed E-state index contributed by atoms with van der Waals surface area (Å²) >= 11 is 21.6. The minimum Gasteiger partial charge on any atom is -0.476 e. The lowest BCUT2D eigenvalue weighted by Crippen LogP contribution is -2.03. The van der Waals surface area contributed by atoms with Crippen LogP contribution in [-0.2, 0) is 5.33 Å². The zero-order valence-corrected chi connectivity index (χ0v) is 16.4. The molecule has 0 atom stereocenters. The number of benzene rings is 2. The first kappa shape index (κ1) is 18.3. The second-order valence-electron chi connectivity index (χ2n) is 5.13. The van der Waals surface area contributed by atoms with Gasteiger partial charge in [-0.05, 0) is 30.3 Å². The van der Waals surface area contributed by atoms with E-state index in [4.69, 9.17) is 34.8 Å². The lowest BCUT2D eigenvalue weighted by Gasteiger charge is -2.11. The van der Waals surface area contributed by atoms with E-state index in [1.165, 1.54) is 4.68 Å². The van der Waals surface area contributed by atoms with Crippen molar-refractivity contribution in [1.29, 1.82) is 0 Å². The lowest BCUT2D eigenvalue weighted by molar-refractivity contribution is 0.0689. The molecule has 0 aliphatic heterocycles. The summed E-state index contributed by atoms with van der Waals surface area (Å²) in [5.41, 5.74) is 2.42. The van der Waals surface area contributed by atoms with Gasteiger partial charge in [0.2, 0.25) is 0 Å². The van der Waals surface area contributed by atoms with Crippen molar-refractivity contribution in [2.45, 2.75) is 5.33 Å². The highest BCUT2D eigenvalue weighted by molar-refractivity contribution is 9.08. The average Bonchev–Trinajstić information content (AvgIpc) is 2.95. The van der Waals surface area contributed by atoms with Gasteiger partial charge in [0.25, 0.3) is 0 Å². The van der Waals surface area contributed by atoms with Crippen LogP contribution >= 0.6 is 50.7 Å². The molecule has 4 nitrogen and oxygen atoms in total. The number of carbonyl (C=O) groups is 1. The summed E-state index contributed by atoms with van der Waals surface area (Å²) in [6.07, 6.45) is 0. The Balaban J connectivity index is 2.34. The van der Waals surface area contributed by atoms with Gasteiger partial charge in [-0.15, -0.1) is 0 Å². The van der Waals surface area contributed by atoms with Crippen molar-refractivity contribution < 1.29 is 9.90 Å². The Bertz CT molecular complexity index is 955.